The first-order chi connectivity index (χ1) is 17.0. The van der Waals surface area contributed by atoms with Gasteiger partial charge in [0, 0.05) is 59.9 Å². The van der Waals surface area contributed by atoms with Crippen molar-refractivity contribution in [3.63, 3.8) is 0 Å². The summed E-state index contributed by atoms with van der Waals surface area (Å²) in [5.74, 6) is 0.247. The number of amides is 1. The van der Waals surface area contributed by atoms with E-state index in [1.54, 1.807) is 18.5 Å². The van der Waals surface area contributed by atoms with Gasteiger partial charge >= 0.3 is 6.09 Å². The van der Waals surface area contributed by atoms with E-state index < -0.39 is 11.9 Å². The fourth-order valence-electron chi connectivity index (χ4n) is 4.08. The summed E-state index contributed by atoms with van der Waals surface area (Å²) in [6.45, 7) is 0.919. The summed E-state index contributed by atoms with van der Waals surface area (Å²) in [5, 5.41) is 21.7. The molecule has 4 aromatic rings. The Balaban J connectivity index is 1.35. The fourth-order valence-corrected chi connectivity index (χ4v) is 4.26. The lowest BCUT2D eigenvalue weighted by Crippen LogP contribution is -2.41. The number of fused-ring (bicyclic) bond motifs is 1. The second-order valence-corrected chi connectivity index (χ2v) is 8.64. The Morgan fingerprint density at radius 3 is 2.77 bits per heavy atom. The summed E-state index contributed by atoms with van der Waals surface area (Å²) in [5.41, 5.74) is 2.79. The molecule has 2 N–H and O–H groups in total. The Bertz CT molecular complexity index is 1390. The topological polar surface area (TPSA) is 100 Å². The standard InChI is InChI=1S/C25H21ClFN5O3/c26-15-1-4-21(27)20(11-15)24-12-16(14-29-31-24)30-22-5-8-28-23-13-18(2-3-19(22)23)35-17-6-9-32(10-7-17)25(33)34/h1-5,8,11-14,17H,6-7,9-10H2,(H,33,34)(H,28,30,31). The van der Waals surface area contributed by atoms with Crippen LogP contribution in [-0.2, 0) is 0 Å². The molecule has 0 radical (unpaired) electrons. The van der Waals surface area contributed by atoms with Crippen molar-refractivity contribution in [3.8, 4) is 17.0 Å². The van der Waals surface area contributed by atoms with Gasteiger partial charge in [-0.25, -0.2) is 9.18 Å². The number of nitrogens with one attached hydrogen (secondary N) is 1. The van der Waals surface area contributed by atoms with E-state index in [0.717, 1.165) is 16.6 Å². The predicted molar refractivity (Wildman–Crippen MR) is 131 cm³/mol. The monoisotopic (exact) mass is 493 g/mol. The quantitative estimate of drug-likeness (QED) is 0.365. The number of likely N-dealkylation sites (tertiary alicyclic amines) is 1. The molecule has 5 rings (SSSR count). The number of halogens is 2. The normalized spacial score (nSPS) is 14.2. The highest BCUT2D eigenvalue weighted by Crippen LogP contribution is 2.31. The van der Waals surface area contributed by atoms with Crippen LogP contribution < -0.4 is 10.1 Å². The van der Waals surface area contributed by atoms with Crippen molar-refractivity contribution in [3.05, 3.63) is 71.8 Å². The molecule has 0 bridgehead atoms. The Hall–Kier alpha value is -3.98. The zero-order chi connectivity index (χ0) is 24.4. The third kappa shape index (κ3) is 5.09. The molecule has 0 aliphatic carbocycles. The van der Waals surface area contributed by atoms with Gasteiger partial charge < -0.3 is 20.1 Å². The highest BCUT2D eigenvalue weighted by Gasteiger charge is 2.23. The number of ether oxygens (including phenoxy) is 1. The van der Waals surface area contributed by atoms with Crippen molar-refractivity contribution in [1.82, 2.24) is 20.1 Å². The van der Waals surface area contributed by atoms with Crippen LogP contribution in [0.25, 0.3) is 22.2 Å². The Morgan fingerprint density at radius 1 is 1.14 bits per heavy atom. The molecule has 1 aliphatic heterocycles. The van der Waals surface area contributed by atoms with Gasteiger partial charge in [-0.2, -0.15) is 10.2 Å². The van der Waals surface area contributed by atoms with Crippen molar-refractivity contribution in [2.45, 2.75) is 18.9 Å². The van der Waals surface area contributed by atoms with E-state index in [0.29, 0.717) is 48.1 Å². The number of aromatic nitrogens is 3. The molecule has 1 fully saturated rings. The van der Waals surface area contributed by atoms with E-state index in [2.05, 4.69) is 20.5 Å². The number of benzene rings is 2. The third-order valence-electron chi connectivity index (χ3n) is 5.87. The van der Waals surface area contributed by atoms with Crippen molar-refractivity contribution < 1.29 is 19.0 Å². The third-order valence-corrected chi connectivity index (χ3v) is 6.10. The molecule has 3 heterocycles. The van der Waals surface area contributed by atoms with Crippen molar-refractivity contribution in [1.29, 1.82) is 0 Å². The van der Waals surface area contributed by atoms with Gasteiger partial charge in [-0.15, -0.1) is 0 Å². The molecule has 0 saturated carbocycles. The molecule has 1 amide bonds. The molecule has 0 atom stereocenters. The van der Waals surface area contributed by atoms with Gasteiger partial charge in [0.2, 0.25) is 0 Å². The number of carboxylic acid groups (broad SMARTS) is 1. The van der Waals surface area contributed by atoms with E-state index in [1.165, 1.54) is 23.1 Å². The molecular formula is C25H21ClFN5O3. The van der Waals surface area contributed by atoms with E-state index in [-0.39, 0.29) is 11.7 Å². The summed E-state index contributed by atoms with van der Waals surface area (Å²) < 4.78 is 20.4. The van der Waals surface area contributed by atoms with Gasteiger partial charge in [-0.05, 0) is 42.5 Å². The zero-order valence-electron chi connectivity index (χ0n) is 18.5. The summed E-state index contributed by atoms with van der Waals surface area (Å²) >= 11 is 6.02. The van der Waals surface area contributed by atoms with E-state index >= 15 is 0 Å². The lowest BCUT2D eigenvalue weighted by Gasteiger charge is -2.30. The average Bonchev–Trinajstić information content (AvgIpc) is 2.86. The van der Waals surface area contributed by atoms with Crippen molar-refractivity contribution >= 4 is 40.0 Å². The lowest BCUT2D eigenvalue weighted by atomic mass is 10.1. The molecular weight excluding hydrogens is 473 g/mol. The minimum atomic E-state index is -0.896. The fraction of sp³-hybridized carbons (Fsp3) is 0.200. The number of pyridine rings is 1. The second-order valence-electron chi connectivity index (χ2n) is 8.20. The van der Waals surface area contributed by atoms with Crippen LogP contribution in [0.3, 0.4) is 0 Å². The maximum atomic E-state index is 14.3. The van der Waals surface area contributed by atoms with Gasteiger partial charge in [-0.3, -0.25) is 4.98 Å². The Morgan fingerprint density at radius 2 is 1.97 bits per heavy atom. The number of hydrogen-bond donors (Lipinski definition) is 2. The van der Waals surface area contributed by atoms with Crippen LogP contribution in [0.4, 0.5) is 20.6 Å². The van der Waals surface area contributed by atoms with Crippen LogP contribution in [0.2, 0.25) is 5.02 Å². The van der Waals surface area contributed by atoms with Gasteiger partial charge in [0.1, 0.15) is 17.7 Å². The Labute approximate surface area is 205 Å². The van der Waals surface area contributed by atoms with Crippen molar-refractivity contribution in [2.24, 2.45) is 0 Å². The smallest absolute Gasteiger partial charge is 0.407 e. The molecule has 2 aromatic heterocycles. The summed E-state index contributed by atoms with van der Waals surface area (Å²) in [6, 6.07) is 13.5. The summed E-state index contributed by atoms with van der Waals surface area (Å²) in [7, 11) is 0. The minimum absolute atomic E-state index is 0.0439. The lowest BCUT2D eigenvalue weighted by molar-refractivity contribution is 0.0895. The highest BCUT2D eigenvalue weighted by atomic mass is 35.5. The van der Waals surface area contributed by atoms with E-state index in [9.17, 15) is 9.18 Å². The van der Waals surface area contributed by atoms with Crippen LogP contribution in [0.1, 0.15) is 12.8 Å². The van der Waals surface area contributed by atoms with E-state index in [4.69, 9.17) is 21.4 Å². The molecule has 0 unspecified atom stereocenters. The predicted octanol–water partition coefficient (Wildman–Crippen LogP) is 5.75. The first kappa shape index (κ1) is 22.8. The van der Waals surface area contributed by atoms with Gasteiger partial charge in [0.15, 0.2) is 0 Å². The highest BCUT2D eigenvalue weighted by molar-refractivity contribution is 6.30. The number of anilines is 2. The Kier molecular flexibility index (Phi) is 6.33. The number of rotatable bonds is 5. The molecule has 2 aromatic carbocycles. The second kappa shape index (κ2) is 9.71. The summed E-state index contributed by atoms with van der Waals surface area (Å²) in [6.07, 6.45) is 3.59. The first-order valence-corrected chi connectivity index (χ1v) is 11.4. The van der Waals surface area contributed by atoms with Crippen LogP contribution in [-0.4, -0.2) is 50.5 Å². The maximum absolute atomic E-state index is 14.3. The minimum Gasteiger partial charge on any atom is -0.490 e. The molecule has 8 nitrogen and oxygen atoms in total. The molecule has 0 spiro atoms. The first-order valence-electron chi connectivity index (χ1n) is 11.0. The largest absolute Gasteiger partial charge is 0.490 e. The van der Waals surface area contributed by atoms with Gasteiger partial charge in [0.05, 0.1) is 23.1 Å². The summed E-state index contributed by atoms with van der Waals surface area (Å²) in [4.78, 5) is 17.0. The zero-order valence-corrected chi connectivity index (χ0v) is 19.2. The molecule has 10 heteroatoms. The maximum Gasteiger partial charge on any atom is 0.407 e. The number of piperidine rings is 1. The van der Waals surface area contributed by atoms with Crippen LogP contribution in [0, 0.1) is 5.82 Å². The van der Waals surface area contributed by atoms with Gasteiger partial charge in [-0.1, -0.05) is 11.6 Å². The van der Waals surface area contributed by atoms with Crippen LogP contribution in [0.15, 0.2) is 60.9 Å². The van der Waals surface area contributed by atoms with Crippen molar-refractivity contribution in [2.75, 3.05) is 18.4 Å². The number of hydrogen-bond acceptors (Lipinski definition) is 6. The van der Waals surface area contributed by atoms with Crippen LogP contribution in [0.5, 0.6) is 5.75 Å². The molecule has 1 saturated heterocycles. The molecule has 35 heavy (non-hydrogen) atoms. The van der Waals surface area contributed by atoms with Gasteiger partial charge in [0.25, 0.3) is 0 Å². The number of carbonyl (C=O) groups is 1. The molecule has 1 aliphatic rings. The van der Waals surface area contributed by atoms with E-state index in [1.807, 2.05) is 24.3 Å². The SMILES string of the molecule is O=C(O)N1CCC(Oc2ccc3c(Nc4cnnc(-c5cc(Cl)ccc5F)c4)ccnc3c2)CC1. The average molecular weight is 494 g/mol. The molecule has 178 valence electrons. The number of nitrogens with zero attached hydrogens (tertiary/aromatic N) is 4. The van der Waals surface area contributed by atoms with Crippen LogP contribution >= 0.6 is 11.6 Å².